The molecule has 8 heteroatoms. The van der Waals surface area contributed by atoms with E-state index in [1.54, 1.807) is 0 Å². The maximum Gasteiger partial charge on any atom is 0.410 e. The van der Waals surface area contributed by atoms with Crippen molar-refractivity contribution in [2.45, 2.75) is 73.0 Å². The number of rotatable bonds is 7. The summed E-state index contributed by atoms with van der Waals surface area (Å²) in [6, 6.07) is 9.96. The number of anilines is 1. The molecule has 3 rings (SSSR count). The highest BCUT2D eigenvalue weighted by molar-refractivity contribution is 5.93. The van der Waals surface area contributed by atoms with E-state index in [1.807, 2.05) is 88.4 Å². The highest BCUT2D eigenvalue weighted by Crippen LogP contribution is 2.24. The fourth-order valence-electron chi connectivity index (χ4n) is 4.57. The lowest BCUT2D eigenvalue weighted by Gasteiger charge is -2.37. The van der Waals surface area contributed by atoms with Crippen molar-refractivity contribution in [1.29, 1.82) is 0 Å². The molecule has 8 nitrogen and oxygen atoms in total. The lowest BCUT2D eigenvalue weighted by atomic mass is 9.97. The molecule has 0 aliphatic carbocycles. The van der Waals surface area contributed by atoms with Gasteiger partial charge in [0.15, 0.2) is 0 Å². The molecule has 1 aliphatic heterocycles. The molecule has 0 saturated carbocycles. The Morgan fingerprint density at radius 1 is 1.20 bits per heavy atom. The zero-order valence-corrected chi connectivity index (χ0v) is 22.3. The van der Waals surface area contributed by atoms with Crippen molar-refractivity contribution in [1.82, 2.24) is 19.6 Å². The molecule has 192 valence electrons. The molecule has 1 unspecified atom stereocenters. The summed E-state index contributed by atoms with van der Waals surface area (Å²) in [5.74, 6) is 0.257. The van der Waals surface area contributed by atoms with Crippen molar-refractivity contribution in [3.05, 3.63) is 41.7 Å². The second-order valence-corrected chi connectivity index (χ2v) is 10.8. The Hall–Kier alpha value is -2.87. The summed E-state index contributed by atoms with van der Waals surface area (Å²) in [6.07, 6.45) is 1.76. The van der Waals surface area contributed by atoms with Crippen LogP contribution in [0, 0.1) is 19.8 Å². The topological polar surface area (TPSA) is 79.7 Å². The van der Waals surface area contributed by atoms with E-state index in [-0.39, 0.29) is 18.0 Å². The molecule has 2 aromatic rings. The zero-order valence-electron chi connectivity index (χ0n) is 22.3. The quantitative estimate of drug-likeness (QED) is 0.613. The Labute approximate surface area is 209 Å². The minimum absolute atomic E-state index is 0.0441. The summed E-state index contributed by atoms with van der Waals surface area (Å²) in [5, 5.41) is 7.71. The number of ether oxygens (including phenoxy) is 1. The molecule has 2 heterocycles. The third kappa shape index (κ3) is 7.31. The highest BCUT2D eigenvalue weighted by atomic mass is 16.6. The Bertz CT molecular complexity index is 1010. The van der Waals surface area contributed by atoms with Crippen LogP contribution in [0.1, 0.15) is 58.8 Å². The van der Waals surface area contributed by atoms with Crippen molar-refractivity contribution in [3.8, 4) is 5.69 Å². The molecule has 35 heavy (non-hydrogen) atoms. The van der Waals surface area contributed by atoms with Gasteiger partial charge in [0.2, 0.25) is 5.91 Å². The van der Waals surface area contributed by atoms with E-state index in [9.17, 15) is 9.59 Å². The fourth-order valence-corrected chi connectivity index (χ4v) is 4.57. The SMILES string of the molecule is Cc1nn(-c2ccccc2)c(C)c1NC(=O)CN1CCCC(CN(C(=O)OC(C)(C)C)C(C)C)C1. The van der Waals surface area contributed by atoms with Gasteiger partial charge in [0, 0.05) is 19.1 Å². The number of carbonyl (C=O) groups excluding carboxylic acids is 2. The zero-order chi connectivity index (χ0) is 25.8. The maximum absolute atomic E-state index is 13.0. The van der Waals surface area contributed by atoms with Crippen LogP contribution in [0.3, 0.4) is 0 Å². The van der Waals surface area contributed by atoms with E-state index in [0.29, 0.717) is 19.0 Å². The van der Waals surface area contributed by atoms with Gasteiger partial charge in [0.05, 0.1) is 29.3 Å². The molecule has 1 aromatic carbocycles. The summed E-state index contributed by atoms with van der Waals surface area (Å²) in [7, 11) is 0. The number of likely N-dealkylation sites (tertiary alicyclic amines) is 1. The molecule has 0 radical (unpaired) electrons. The van der Waals surface area contributed by atoms with Gasteiger partial charge >= 0.3 is 6.09 Å². The molecule has 0 spiro atoms. The molecular weight excluding hydrogens is 442 g/mol. The van der Waals surface area contributed by atoms with Gasteiger partial charge in [0.1, 0.15) is 5.60 Å². The minimum Gasteiger partial charge on any atom is -0.444 e. The summed E-state index contributed by atoms with van der Waals surface area (Å²) < 4.78 is 7.48. The molecule has 1 atom stereocenters. The average Bonchev–Trinajstić information content (AvgIpc) is 3.05. The Balaban J connectivity index is 1.60. The van der Waals surface area contributed by atoms with E-state index in [4.69, 9.17) is 4.74 Å². The van der Waals surface area contributed by atoms with Crippen molar-refractivity contribution in [3.63, 3.8) is 0 Å². The molecule has 1 saturated heterocycles. The van der Waals surface area contributed by atoms with Crippen LogP contribution in [0.15, 0.2) is 30.3 Å². The molecular formula is C27H41N5O3. The van der Waals surface area contributed by atoms with Crippen LogP contribution in [-0.2, 0) is 9.53 Å². The van der Waals surface area contributed by atoms with Crippen molar-refractivity contribution in [2.24, 2.45) is 5.92 Å². The number of aryl methyl sites for hydroxylation is 1. The van der Waals surface area contributed by atoms with Crippen LogP contribution in [0.2, 0.25) is 0 Å². The van der Waals surface area contributed by atoms with E-state index in [1.165, 1.54) is 0 Å². The van der Waals surface area contributed by atoms with Crippen molar-refractivity contribution in [2.75, 3.05) is 31.5 Å². The Morgan fingerprint density at radius 3 is 2.51 bits per heavy atom. The standard InChI is InChI=1S/C27H41N5O3/c1-19(2)31(26(34)35-27(5,6)7)17-22-12-11-15-30(16-22)18-24(33)28-25-20(3)29-32(21(25)4)23-13-9-8-10-14-23/h8-10,13-14,19,22H,11-12,15-18H2,1-7H3,(H,28,33). The first-order valence-corrected chi connectivity index (χ1v) is 12.6. The number of benzene rings is 1. The van der Waals surface area contributed by atoms with E-state index in [2.05, 4.69) is 15.3 Å². The Kier molecular flexibility index (Phi) is 8.59. The number of aromatic nitrogens is 2. The second-order valence-electron chi connectivity index (χ2n) is 10.8. The van der Waals surface area contributed by atoms with Gasteiger partial charge in [-0.1, -0.05) is 18.2 Å². The summed E-state index contributed by atoms with van der Waals surface area (Å²) >= 11 is 0. The third-order valence-corrected chi connectivity index (χ3v) is 6.23. The largest absolute Gasteiger partial charge is 0.444 e. The highest BCUT2D eigenvalue weighted by Gasteiger charge is 2.29. The summed E-state index contributed by atoms with van der Waals surface area (Å²) in [6.45, 7) is 16.2. The smallest absolute Gasteiger partial charge is 0.410 e. The van der Waals surface area contributed by atoms with Crippen LogP contribution in [0.4, 0.5) is 10.5 Å². The van der Waals surface area contributed by atoms with Crippen LogP contribution in [-0.4, -0.2) is 69.4 Å². The first-order valence-electron chi connectivity index (χ1n) is 12.6. The number of nitrogens with one attached hydrogen (secondary N) is 1. The van der Waals surface area contributed by atoms with Crippen LogP contribution in [0.5, 0.6) is 0 Å². The van der Waals surface area contributed by atoms with Crippen molar-refractivity contribution < 1.29 is 14.3 Å². The lowest BCUT2D eigenvalue weighted by Crippen LogP contribution is -2.48. The predicted molar refractivity (Wildman–Crippen MR) is 139 cm³/mol. The van der Waals surface area contributed by atoms with Gasteiger partial charge in [-0.25, -0.2) is 9.48 Å². The Morgan fingerprint density at radius 2 is 1.89 bits per heavy atom. The number of hydrogen-bond acceptors (Lipinski definition) is 5. The number of hydrogen-bond donors (Lipinski definition) is 1. The molecule has 2 amide bonds. The van der Waals surface area contributed by atoms with E-state index in [0.717, 1.165) is 48.7 Å². The number of piperidine rings is 1. The first-order chi connectivity index (χ1) is 16.4. The van der Waals surface area contributed by atoms with Gasteiger partial charge in [-0.2, -0.15) is 5.10 Å². The third-order valence-electron chi connectivity index (χ3n) is 6.23. The lowest BCUT2D eigenvalue weighted by molar-refractivity contribution is -0.117. The number of nitrogens with zero attached hydrogens (tertiary/aromatic N) is 4. The number of para-hydroxylation sites is 1. The van der Waals surface area contributed by atoms with Gasteiger partial charge in [-0.3, -0.25) is 9.69 Å². The van der Waals surface area contributed by atoms with Gasteiger partial charge in [-0.05, 0) is 85.9 Å². The predicted octanol–water partition coefficient (Wildman–Crippen LogP) is 4.79. The summed E-state index contributed by atoms with van der Waals surface area (Å²) in [5.41, 5.74) is 2.91. The number of amides is 2. The molecule has 1 aliphatic rings. The van der Waals surface area contributed by atoms with Gasteiger partial charge < -0.3 is 15.0 Å². The molecule has 1 fully saturated rings. The second kappa shape index (κ2) is 11.2. The molecule has 0 bridgehead atoms. The molecule has 1 N–H and O–H groups in total. The normalized spacial score (nSPS) is 16.9. The first kappa shape index (κ1) is 26.7. The van der Waals surface area contributed by atoms with Crippen molar-refractivity contribution >= 4 is 17.7 Å². The van der Waals surface area contributed by atoms with Crippen LogP contribution >= 0.6 is 0 Å². The number of carbonyl (C=O) groups is 2. The molecule has 1 aromatic heterocycles. The summed E-state index contributed by atoms with van der Waals surface area (Å²) in [4.78, 5) is 29.7. The average molecular weight is 484 g/mol. The van der Waals surface area contributed by atoms with Crippen LogP contribution < -0.4 is 5.32 Å². The maximum atomic E-state index is 13.0. The van der Waals surface area contributed by atoms with E-state index < -0.39 is 5.60 Å². The minimum atomic E-state index is -0.522. The van der Waals surface area contributed by atoms with E-state index >= 15 is 0 Å². The monoisotopic (exact) mass is 483 g/mol. The van der Waals surface area contributed by atoms with Gasteiger partial charge in [-0.15, -0.1) is 0 Å². The fraction of sp³-hybridized carbons (Fsp3) is 0.593. The van der Waals surface area contributed by atoms with Gasteiger partial charge in [0.25, 0.3) is 0 Å². The van der Waals surface area contributed by atoms with Crippen LogP contribution in [0.25, 0.3) is 5.69 Å².